The number of nitrogens with zero attached hydrogens (tertiary/aromatic N) is 5. The van der Waals surface area contributed by atoms with Crippen molar-refractivity contribution in [2.75, 3.05) is 13.1 Å². The number of benzene rings is 1. The minimum absolute atomic E-state index is 0.0658. The second-order valence-corrected chi connectivity index (χ2v) is 7.57. The van der Waals surface area contributed by atoms with E-state index in [0.29, 0.717) is 18.8 Å². The summed E-state index contributed by atoms with van der Waals surface area (Å²) in [4.78, 5) is 19.0. The average molecular weight is 417 g/mol. The summed E-state index contributed by atoms with van der Waals surface area (Å²) in [6.07, 6.45) is -1.95. The lowest BCUT2D eigenvalue weighted by Gasteiger charge is -2.20. The fourth-order valence-corrected chi connectivity index (χ4v) is 3.92. The summed E-state index contributed by atoms with van der Waals surface area (Å²) < 4.78 is 41.9. The summed E-state index contributed by atoms with van der Waals surface area (Å²) in [6.45, 7) is 4.33. The molecule has 9 heteroatoms. The lowest BCUT2D eigenvalue weighted by molar-refractivity contribution is -0.142. The van der Waals surface area contributed by atoms with E-state index >= 15 is 0 Å². The van der Waals surface area contributed by atoms with Crippen molar-refractivity contribution in [3.63, 3.8) is 0 Å². The smallest absolute Gasteiger partial charge is 0.339 e. The molecule has 3 heterocycles. The van der Waals surface area contributed by atoms with Crippen LogP contribution in [-0.2, 0) is 17.5 Å². The van der Waals surface area contributed by atoms with E-state index in [0.717, 1.165) is 34.3 Å². The number of halogens is 3. The summed E-state index contributed by atoms with van der Waals surface area (Å²) in [5.74, 6) is 0.613. The number of rotatable bonds is 4. The Hall–Kier alpha value is -3.10. The maximum Gasteiger partial charge on any atom is 0.435 e. The highest BCUT2D eigenvalue weighted by Crippen LogP contribution is 2.30. The van der Waals surface area contributed by atoms with Crippen molar-refractivity contribution in [2.45, 2.75) is 39.0 Å². The molecule has 0 radical (unpaired) electrons. The maximum atomic E-state index is 12.9. The van der Waals surface area contributed by atoms with Crippen molar-refractivity contribution in [2.24, 2.45) is 0 Å². The van der Waals surface area contributed by atoms with Gasteiger partial charge in [0.05, 0.1) is 6.04 Å². The SMILES string of the molecule is Cc1cc(C(F)(F)F)nn1CC(=O)N1CCC(n2c(C)cnc2-c2ccccc2)C1. The number of alkyl halides is 3. The highest BCUT2D eigenvalue weighted by atomic mass is 19.4. The highest BCUT2D eigenvalue weighted by molar-refractivity contribution is 5.76. The first-order chi connectivity index (χ1) is 14.2. The molecular weight excluding hydrogens is 395 g/mol. The lowest BCUT2D eigenvalue weighted by atomic mass is 10.2. The first-order valence-corrected chi connectivity index (χ1v) is 9.72. The van der Waals surface area contributed by atoms with E-state index in [-0.39, 0.29) is 18.5 Å². The summed E-state index contributed by atoms with van der Waals surface area (Å²) >= 11 is 0. The van der Waals surface area contributed by atoms with Gasteiger partial charge in [0.2, 0.25) is 5.91 Å². The average Bonchev–Trinajstić information content (AvgIpc) is 3.41. The number of imidazole rings is 1. The van der Waals surface area contributed by atoms with Gasteiger partial charge in [-0.15, -0.1) is 0 Å². The van der Waals surface area contributed by atoms with Crippen molar-refractivity contribution in [1.29, 1.82) is 0 Å². The van der Waals surface area contributed by atoms with Crippen molar-refractivity contribution in [3.8, 4) is 11.4 Å². The molecule has 1 amide bonds. The molecule has 0 saturated carbocycles. The number of likely N-dealkylation sites (tertiary alicyclic amines) is 1. The number of hydrogen-bond acceptors (Lipinski definition) is 3. The predicted octanol–water partition coefficient (Wildman–Crippen LogP) is 3.86. The van der Waals surface area contributed by atoms with Crippen molar-refractivity contribution < 1.29 is 18.0 Å². The van der Waals surface area contributed by atoms with Crippen LogP contribution in [0.4, 0.5) is 13.2 Å². The standard InChI is InChI=1S/C21H22F3N5O/c1-14-10-18(21(22,23)24)26-28(14)13-19(30)27-9-8-17(12-27)29-15(2)11-25-20(29)16-6-4-3-5-7-16/h3-7,10-11,17H,8-9,12-13H2,1-2H3. The number of aromatic nitrogens is 4. The largest absolute Gasteiger partial charge is 0.435 e. The molecule has 0 aliphatic carbocycles. The second-order valence-electron chi connectivity index (χ2n) is 7.57. The molecule has 1 unspecified atom stereocenters. The van der Waals surface area contributed by atoms with Crippen LogP contribution in [0, 0.1) is 13.8 Å². The minimum Gasteiger partial charge on any atom is -0.339 e. The van der Waals surface area contributed by atoms with E-state index in [1.165, 1.54) is 6.92 Å². The van der Waals surface area contributed by atoms with Gasteiger partial charge in [-0.25, -0.2) is 4.98 Å². The molecule has 1 aliphatic rings. The Labute approximate surface area is 171 Å². The van der Waals surface area contributed by atoms with Crippen LogP contribution in [0.15, 0.2) is 42.6 Å². The number of aryl methyl sites for hydroxylation is 2. The summed E-state index contributed by atoms with van der Waals surface area (Å²) in [5.41, 5.74) is 1.34. The van der Waals surface area contributed by atoms with Gasteiger partial charge in [0.25, 0.3) is 0 Å². The number of hydrogen-bond donors (Lipinski definition) is 0. The third kappa shape index (κ3) is 3.83. The van der Waals surface area contributed by atoms with E-state index in [4.69, 9.17) is 0 Å². The van der Waals surface area contributed by atoms with Gasteiger partial charge in [0.1, 0.15) is 12.4 Å². The fourth-order valence-electron chi connectivity index (χ4n) is 3.92. The molecular formula is C21H22F3N5O. The van der Waals surface area contributed by atoms with Gasteiger partial charge in [0, 0.05) is 36.2 Å². The molecule has 1 atom stereocenters. The lowest BCUT2D eigenvalue weighted by Crippen LogP contribution is -2.33. The molecule has 158 valence electrons. The quantitative estimate of drug-likeness (QED) is 0.648. The summed E-state index contributed by atoms with van der Waals surface area (Å²) in [7, 11) is 0. The number of carbonyl (C=O) groups is 1. The molecule has 30 heavy (non-hydrogen) atoms. The van der Waals surface area contributed by atoms with Crippen LogP contribution < -0.4 is 0 Å². The molecule has 1 fully saturated rings. The number of carbonyl (C=O) groups excluding carboxylic acids is 1. The van der Waals surface area contributed by atoms with Gasteiger partial charge in [-0.1, -0.05) is 30.3 Å². The Morgan fingerprint density at radius 2 is 1.90 bits per heavy atom. The second kappa shape index (κ2) is 7.62. The minimum atomic E-state index is -4.52. The van der Waals surface area contributed by atoms with Crippen LogP contribution >= 0.6 is 0 Å². The molecule has 2 aromatic heterocycles. The van der Waals surface area contributed by atoms with Crippen LogP contribution in [0.1, 0.15) is 29.5 Å². The van der Waals surface area contributed by atoms with Gasteiger partial charge in [-0.05, 0) is 26.3 Å². The third-order valence-corrected chi connectivity index (χ3v) is 5.45. The first-order valence-electron chi connectivity index (χ1n) is 9.72. The van der Waals surface area contributed by atoms with Crippen LogP contribution in [0.25, 0.3) is 11.4 Å². The Balaban J connectivity index is 1.49. The zero-order chi connectivity index (χ0) is 21.5. The van der Waals surface area contributed by atoms with Crippen LogP contribution in [0.2, 0.25) is 0 Å². The van der Waals surface area contributed by atoms with Crippen LogP contribution in [-0.4, -0.2) is 43.2 Å². The zero-order valence-electron chi connectivity index (χ0n) is 16.7. The van der Waals surface area contributed by atoms with E-state index in [9.17, 15) is 18.0 Å². The van der Waals surface area contributed by atoms with Gasteiger partial charge in [-0.2, -0.15) is 18.3 Å². The van der Waals surface area contributed by atoms with E-state index in [1.807, 2.05) is 43.5 Å². The van der Waals surface area contributed by atoms with Crippen LogP contribution in [0.5, 0.6) is 0 Å². The Morgan fingerprint density at radius 3 is 2.57 bits per heavy atom. The first kappa shape index (κ1) is 20.2. The van der Waals surface area contributed by atoms with E-state index < -0.39 is 11.9 Å². The Kier molecular flexibility index (Phi) is 5.13. The predicted molar refractivity (Wildman–Crippen MR) is 105 cm³/mol. The van der Waals surface area contributed by atoms with E-state index in [1.54, 1.807) is 4.90 Å². The van der Waals surface area contributed by atoms with Gasteiger partial charge >= 0.3 is 6.18 Å². The summed E-state index contributed by atoms with van der Waals surface area (Å²) in [6, 6.07) is 10.9. The van der Waals surface area contributed by atoms with Gasteiger partial charge in [-0.3, -0.25) is 9.48 Å². The van der Waals surface area contributed by atoms with Crippen molar-refractivity contribution >= 4 is 5.91 Å². The van der Waals surface area contributed by atoms with E-state index in [2.05, 4.69) is 14.6 Å². The Bertz CT molecular complexity index is 1050. The molecule has 0 N–H and O–H groups in total. The normalized spacial score (nSPS) is 17.0. The maximum absolute atomic E-state index is 12.9. The monoisotopic (exact) mass is 417 g/mol. The fraction of sp³-hybridized carbons (Fsp3) is 0.381. The topological polar surface area (TPSA) is 56.0 Å². The summed E-state index contributed by atoms with van der Waals surface area (Å²) in [5, 5.41) is 3.56. The van der Waals surface area contributed by atoms with Crippen molar-refractivity contribution in [1.82, 2.24) is 24.2 Å². The molecule has 1 saturated heterocycles. The highest BCUT2D eigenvalue weighted by Gasteiger charge is 2.35. The van der Waals surface area contributed by atoms with Gasteiger partial charge in [0.15, 0.2) is 5.69 Å². The van der Waals surface area contributed by atoms with Gasteiger partial charge < -0.3 is 9.47 Å². The third-order valence-electron chi connectivity index (χ3n) is 5.45. The Morgan fingerprint density at radius 1 is 1.17 bits per heavy atom. The molecule has 1 aliphatic heterocycles. The molecule has 0 spiro atoms. The number of amides is 1. The molecule has 3 aromatic rings. The molecule has 0 bridgehead atoms. The molecule has 4 rings (SSSR count). The zero-order valence-corrected chi connectivity index (χ0v) is 16.7. The van der Waals surface area contributed by atoms with Crippen molar-refractivity contribution in [3.05, 3.63) is 59.7 Å². The molecule has 1 aromatic carbocycles. The van der Waals surface area contributed by atoms with Crippen LogP contribution in [0.3, 0.4) is 0 Å². The molecule has 6 nitrogen and oxygen atoms in total.